The number of rotatable bonds is 2. The number of aromatic nitrogens is 2. The van der Waals surface area contributed by atoms with E-state index in [1.165, 1.54) is 30.5 Å². The molecular formula is C15H9F3N2O3. The van der Waals surface area contributed by atoms with Gasteiger partial charge in [0.25, 0.3) is 0 Å². The van der Waals surface area contributed by atoms with E-state index in [0.717, 1.165) is 16.7 Å². The Hall–Kier alpha value is -2.90. The molecule has 8 heteroatoms. The van der Waals surface area contributed by atoms with Crippen molar-refractivity contribution in [3.8, 4) is 0 Å². The molecule has 0 N–H and O–H groups in total. The first kappa shape index (κ1) is 15.0. The molecule has 3 rings (SSSR count). The summed E-state index contributed by atoms with van der Waals surface area (Å²) in [4.78, 5) is 27.4. The second kappa shape index (κ2) is 5.38. The van der Waals surface area contributed by atoms with Gasteiger partial charge in [0.1, 0.15) is 5.39 Å². The van der Waals surface area contributed by atoms with Crippen molar-refractivity contribution in [3.05, 3.63) is 74.7 Å². The Morgan fingerprint density at radius 2 is 1.91 bits per heavy atom. The predicted molar refractivity (Wildman–Crippen MR) is 75.1 cm³/mol. The fourth-order valence-electron chi connectivity index (χ4n) is 2.22. The Bertz CT molecular complexity index is 989. The summed E-state index contributed by atoms with van der Waals surface area (Å²) in [5.41, 5.74) is -1.36. The summed E-state index contributed by atoms with van der Waals surface area (Å²) >= 11 is 0. The van der Waals surface area contributed by atoms with Gasteiger partial charge in [0, 0.05) is 6.20 Å². The van der Waals surface area contributed by atoms with E-state index in [2.05, 4.69) is 9.40 Å². The lowest BCUT2D eigenvalue weighted by Gasteiger charge is -2.10. The van der Waals surface area contributed by atoms with E-state index in [1.54, 1.807) is 0 Å². The molecule has 23 heavy (non-hydrogen) atoms. The Kier molecular flexibility index (Phi) is 3.51. The van der Waals surface area contributed by atoms with E-state index in [0.29, 0.717) is 0 Å². The summed E-state index contributed by atoms with van der Waals surface area (Å²) in [6, 6.07) is 7.49. The number of pyridine rings is 1. The molecule has 0 aliphatic rings. The summed E-state index contributed by atoms with van der Waals surface area (Å²) in [5, 5.41) is 0.0825. The van der Waals surface area contributed by atoms with Gasteiger partial charge in [-0.05, 0) is 29.8 Å². The Balaban J connectivity index is 2.13. The fourth-order valence-corrected chi connectivity index (χ4v) is 2.22. The smallest absolute Gasteiger partial charge is 0.372 e. The zero-order valence-electron chi connectivity index (χ0n) is 11.5. The minimum Gasteiger partial charge on any atom is -0.372 e. The third kappa shape index (κ3) is 2.87. The number of fused-ring (bicyclic) bond motifs is 1. The quantitative estimate of drug-likeness (QED) is 0.727. The summed E-state index contributed by atoms with van der Waals surface area (Å²) in [6.45, 7) is -0.194. The third-order valence-corrected chi connectivity index (χ3v) is 3.26. The monoisotopic (exact) mass is 322 g/mol. The molecule has 0 spiro atoms. The molecule has 2 heterocycles. The Morgan fingerprint density at radius 3 is 2.65 bits per heavy atom. The van der Waals surface area contributed by atoms with Gasteiger partial charge in [0.15, 0.2) is 5.65 Å². The molecule has 0 aliphatic heterocycles. The van der Waals surface area contributed by atoms with Crippen LogP contribution in [0.15, 0.2) is 56.6 Å². The van der Waals surface area contributed by atoms with Crippen LogP contribution < -0.4 is 11.4 Å². The molecule has 0 amide bonds. The first-order valence-corrected chi connectivity index (χ1v) is 6.51. The van der Waals surface area contributed by atoms with E-state index in [-0.39, 0.29) is 23.1 Å². The zero-order valence-corrected chi connectivity index (χ0v) is 11.5. The summed E-state index contributed by atoms with van der Waals surface area (Å²) in [6.07, 6.45) is -3.10. The number of nitrogens with zero attached hydrogens (tertiary/aromatic N) is 2. The van der Waals surface area contributed by atoms with Gasteiger partial charge < -0.3 is 4.42 Å². The van der Waals surface area contributed by atoms with Crippen LogP contribution in [-0.2, 0) is 12.7 Å². The highest BCUT2D eigenvalue weighted by atomic mass is 19.4. The van der Waals surface area contributed by atoms with Crippen LogP contribution in [0.3, 0.4) is 0 Å². The van der Waals surface area contributed by atoms with Crippen LogP contribution in [0.4, 0.5) is 13.2 Å². The maximum Gasteiger partial charge on any atom is 0.423 e. The molecule has 2 aromatic heterocycles. The molecule has 0 saturated heterocycles. The molecular weight excluding hydrogens is 313 g/mol. The Morgan fingerprint density at radius 1 is 1.13 bits per heavy atom. The summed E-state index contributed by atoms with van der Waals surface area (Å²) in [7, 11) is 0. The molecule has 0 unspecified atom stereocenters. The topological polar surface area (TPSA) is 65.1 Å². The van der Waals surface area contributed by atoms with E-state index >= 15 is 0 Å². The highest BCUT2D eigenvalue weighted by Crippen LogP contribution is 2.29. The first-order valence-electron chi connectivity index (χ1n) is 6.51. The standard InChI is InChI=1S/C15H9F3N2O3/c16-15(17,18)10-4-1-3-9(7-10)8-20-12-11(5-2-6-19-12)13(21)23-14(20)22/h1-7H,8H2. The molecule has 0 saturated carbocycles. The molecule has 118 valence electrons. The summed E-state index contributed by atoms with van der Waals surface area (Å²) < 4.78 is 43.9. The van der Waals surface area contributed by atoms with Crippen LogP contribution in [0.25, 0.3) is 11.0 Å². The van der Waals surface area contributed by atoms with Crippen LogP contribution in [0.5, 0.6) is 0 Å². The van der Waals surface area contributed by atoms with Gasteiger partial charge in [0.05, 0.1) is 12.1 Å². The molecule has 1 aromatic carbocycles. The zero-order chi connectivity index (χ0) is 16.6. The van der Waals surface area contributed by atoms with Crippen LogP contribution >= 0.6 is 0 Å². The van der Waals surface area contributed by atoms with Gasteiger partial charge in [-0.2, -0.15) is 13.2 Å². The minimum absolute atomic E-state index is 0.0613. The maximum absolute atomic E-state index is 12.8. The van der Waals surface area contributed by atoms with Gasteiger partial charge in [-0.25, -0.2) is 14.6 Å². The van der Waals surface area contributed by atoms with Gasteiger partial charge in [0.2, 0.25) is 0 Å². The van der Waals surface area contributed by atoms with Crippen LogP contribution in [0.2, 0.25) is 0 Å². The van der Waals surface area contributed by atoms with Gasteiger partial charge >= 0.3 is 17.6 Å². The van der Waals surface area contributed by atoms with Crippen molar-refractivity contribution in [3.63, 3.8) is 0 Å². The van der Waals surface area contributed by atoms with Crippen molar-refractivity contribution in [2.75, 3.05) is 0 Å². The van der Waals surface area contributed by atoms with E-state index in [9.17, 15) is 22.8 Å². The van der Waals surface area contributed by atoms with E-state index in [4.69, 9.17) is 0 Å². The largest absolute Gasteiger partial charge is 0.423 e. The van der Waals surface area contributed by atoms with Gasteiger partial charge in [-0.3, -0.25) is 4.57 Å². The molecule has 0 fully saturated rings. The van der Waals surface area contributed by atoms with Crippen molar-refractivity contribution in [1.29, 1.82) is 0 Å². The average molecular weight is 322 g/mol. The molecule has 0 radical (unpaired) electrons. The van der Waals surface area contributed by atoms with Crippen LogP contribution in [0, 0.1) is 0 Å². The lowest BCUT2D eigenvalue weighted by atomic mass is 10.1. The molecule has 0 aliphatic carbocycles. The molecule has 0 bridgehead atoms. The average Bonchev–Trinajstić information content (AvgIpc) is 2.51. The lowest BCUT2D eigenvalue weighted by Crippen LogP contribution is -2.26. The van der Waals surface area contributed by atoms with Crippen molar-refractivity contribution in [1.82, 2.24) is 9.55 Å². The number of benzene rings is 1. The maximum atomic E-state index is 12.8. The number of halogens is 3. The number of hydrogen-bond donors (Lipinski definition) is 0. The first-order chi connectivity index (χ1) is 10.9. The van der Waals surface area contributed by atoms with Crippen molar-refractivity contribution < 1.29 is 17.6 Å². The molecule has 5 nitrogen and oxygen atoms in total. The SMILES string of the molecule is O=c1oc(=O)n(Cc2cccc(C(F)(F)F)c2)c2ncccc12. The third-order valence-electron chi connectivity index (χ3n) is 3.26. The molecule has 0 atom stereocenters. The van der Waals surface area contributed by atoms with E-state index < -0.39 is 23.1 Å². The highest BCUT2D eigenvalue weighted by Gasteiger charge is 2.30. The van der Waals surface area contributed by atoms with Gasteiger partial charge in [-0.1, -0.05) is 12.1 Å². The normalized spacial score (nSPS) is 11.8. The van der Waals surface area contributed by atoms with E-state index in [1.807, 2.05) is 0 Å². The van der Waals surface area contributed by atoms with Crippen molar-refractivity contribution in [2.24, 2.45) is 0 Å². The van der Waals surface area contributed by atoms with Crippen LogP contribution in [-0.4, -0.2) is 9.55 Å². The molecule has 3 aromatic rings. The minimum atomic E-state index is -4.48. The van der Waals surface area contributed by atoms with Gasteiger partial charge in [-0.15, -0.1) is 0 Å². The lowest BCUT2D eigenvalue weighted by molar-refractivity contribution is -0.137. The number of hydrogen-bond acceptors (Lipinski definition) is 4. The fraction of sp³-hybridized carbons (Fsp3) is 0.133. The van der Waals surface area contributed by atoms with Crippen LogP contribution in [0.1, 0.15) is 11.1 Å². The van der Waals surface area contributed by atoms with Crippen molar-refractivity contribution >= 4 is 11.0 Å². The second-order valence-electron chi connectivity index (χ2n) is 4.81. The highest BCUT2D eigenvalue weighted by molar-refractivity contribution is 5.72. The second-order valence-corrected chi connectivity index (χ2v) is 4.81. The predicted octanol–water partition coefficient (Wildman–Crippen LogP) is 2.42. The summed E-state index contributed by atoms with van der Waals surface area (Å²) in [5.74, 6) is -0.974. The van der Waals surface area contributed by atoms with Crippen molar-refractivity contribution in [2.45, 2.75) is 12.7 Å². The number of alkyl halides is 3. The Labute approximate surface area is 126 Å².